The minimum atomic E-state index is -3.62. The Morgan fingerprint density at radius 1 is 1.13 bits per heavy atom. The topological polar surface area (TPSA) is 77.2 Å². The Labute approximate surface area is 133 Å². The molecule has 0 bridgehead atoms. The zero-order valence-corrected chi connectivity index (χ0v) is 13.4. The van der Waals surface area contributed by atoms with Crippen LogP contribution in [0.15, 0.2) is 46.5 Å². The first kappa shape index (κ1) is 14.1. The fourth-order valence-electron chi connectivity index (χ4n) is 2.83. The van der Waals surface area contributed by atoms with E-state index in [0.717, 1.165) is 22.0 Å². The van der Waals surface area contributed by atoms with Gasteiger partial charge >= 0.3 is 0 Å². The third-order valence-corrected chi connectivity index (χ3v) is 5.92. The van der Waals surface area contributed by atoms with Crippen LogP contribution in [-0.4, -0.2) is 29.4 Å². The number of nitrogens with zero attached hydrogens (tertiary/aromatic N) is 4. The Balaban J connectivity index is 1.88. The number of aliphatic imine (C=N–C) groups is 1. The maximum atomic E-state index is 12.9. The standard InChI is InChI=1S/C16H14N4O2S/c1-10-3-5-12(6-4-10)23(21,22)16-14-13(9-18-16)15-11(7-17-14)8-19-20(15)2/h3-9,16H,1-2H3. The minimum Gasteiger partial charge on any atom is -0.267 e. The molecule has 1 atom stereocenters. The van der Waals surface area contributed by atoms with Crippen LogP contribution in [0.1, 0.15) is 22.2 Å². The van der Waals surface area contributed by atoms with E-state index in [1.165, 1.54) is 0 Å². The summed E-state index contributed by atoms with van der Waals surface area (Å²) in [7, 11) is -1.81. The first-order chi connectivity index (χ1) is 11.0. The van der Waals surface area contributed by atoms with Crippen LogP contribution in [0.25, 0.3) is 10.9 Å². The molecule has 0 saturated carbocycles. The highest BCUT2D eigenvalue weighted by Crippen LogP contribution is 2.36. The van der Waals surface area contributed by atoms with Gasteiger partial charge in [0.25, 0.3) is 0 Å². The number of hydrogen-bond donors (Lipinski definition) is 0. The minimum absolute atomic E-state index is 0.255. The van der Waals surface area contributed by atoms with Gasteiger partial charge in [0.1, 0.15) is 0 Å². The lowest BCUT2D eigenvalue weighted by Gasteiger charge is -2.11. The lowest BCUT2D eigenvalue weighted by Crippen LogP contribution is -2.12. The van der Waals surface area contributed by atoms with Gasteiger partial charge in [-0.1, -0.05) is 17.7 Å². The second kappa shape index (κ2) is 4.73. The van der Waals surface area contributed by atoms with Crippen molar-refractivity contribution in [1.29, 1.82) is 0 Å². The van der Waals surface area contributed by atoms with Crippen molar-refractivity contribution in [2.24, 2.45) is 12.0 Å². The van der Waals surface area contributed by atoms with E-state index < -0.39 is 15.2 Å². The number of pyridine rings is 1. The first-order valence-electron chi connectivity index (χ1n) is 7.13. The van der Waals surface area contributed by atoms with Crippen LogP contribution >= 0.6 is 0 Å². The van der Waals surface area contributed by atoms with Crippen LogP contribution in [0.4, 0.5) is 0 Å². The molecule has 1 unspecified atom stereocenters. The number of hydrogen-bond acceptors (Lipinski definition) is 5. The molecule has 6 nitrogen and oxygen atoms in total. The molecule has 1 aliphatic rings. The van der Waals surface area contributed by atoms with Gasteiger partial charge in [0, 0.05) is 30.4 Å². The summed E-state index contributed by atoms with van der Waals surface area (Å²) >= 11 is 0. The van der Waals surface area contributed by atoms with E-state index in [4.69, 9.17) is 0 Å². The van der Waals surface area contributed by atoms with E-state index in [9.17, 15) is 8.42 Å². The maximum Gasteiger partial charge on any atom is 0.207 e. The number of benzene rings is 1. The van der Waals surface area contributed by atoms with Gasteiger partial charge in [-0.15, -0.1) is 0 Å². The van der Waals surface area contributed by atoms with Crippen molar-refractivity contribution in [3.63, 3.8) is 0 Å². The van der Waals surface area contributed by atoms with Gasteiger partial charge in [0.2, 0.25) is 9.84 Å². The molecular weight excluding hydrogens is 312 g/mol. The monoisotopic (exact) mass is 326 g/mol. The molecule has 3 heterocycles. The number of sulfone groups is 1. The summed E-state index contributed by atoms with van der Waals surface area (Å²) in [6.07, 6.45) is 4.94. The summed E-state index contributed by atoms with van der Waals surface area (Å²) in [5.74, 6) is 0. The first-order valence-corrected chi connectivity index (χ1v) is 8.67. The van der Waals surface area contributed by atoms with Gasteiger partial charge in [-0.05, 0) is 19.1 Å². The number of rotatable bonds is 2. The molecule has 0 fully saturated rings. The fraction of sp³-hybridized carbons (Fsp3) is 0.188. The normalized spacial score (nSPS) is 16.9. The molecule has 7 heteroatoms. The van der Waals surface area contributed by atoms with E-state index in [0.29, 0.717) is 5.69 Å². The Morgan fingerprint density at radius 2 is 1.87 bits per heavy atom. The van der Waals surface area contributed by atoms with Gasteiger partial charge in [-0.2, -0.15) is 5.10 Å². The molecule has 1 aromatic carbocycles. The Bertz CT molecular complexity index is 1050. The van der Waals surface area contributed by atoms with Gasteiger partial charge in [0.05, 0.1) is 22.3 Å². The molecule has 23 heavy (non-hydrogen) atoms. The Hall–Kier alpha value is -2.54. The van der Waals surface area contributed by atoms with Crippen LogP contribution in [0.2, 0.25) is 0 Å². The quantitative estimate of drug-likeness (QED) is 0.723. The van der Waals surface area contributed by atoms with Crippen LogP contribution in [0.5, 0.6) is 0 Å². The van der Waals surface area contributed by atoms with Gasteiger partial charge in [0.15, 0.2) is 5.37 Å². The number of aromatic nitrogens is 3. The van der Waals surface area contributed by atoms with E-state index in [1.807, 2.05) is 14.0 Å². The second-order valence-electron chi connectivity index (χ2n) is 5.62. The smallest absolute Gasteiger partial charge is 0.207 e. The zero-order chi connectivity index (χ0) is 16.2. The zero-order valence-electron chi connectivity index (χ0n) is 12.6. The average molecular weight is 326 g/mol. The van der Waals surface area contributed by atoms with E-state index >= 15 is 0 Å². The van der Waals surface area contributed by atoms with Crippen LogP contribution in [0, 0.1) is 6.92 Å². The van der Waals surface area contributed by atoms with Gasteiger partial charge in [-0.25, -0.2) is 8.42 Å². The SMILES string of the molecule is Cc1ccc(S(=O)(=O)C2N=Cc3c2ncc2cnn(C)c32)cc1. The number of aryl methyl sites for hydroxylation is 2. The van der Waals surface area contributed by atoms with Crippen molar-refractivity contribution < 1.29 is 8.42 Å². The molecule has 3 aromatic rings. The third kappa shape index (κ3) is 2.00. The highest BCUT2D eigenvalue weighted by Gasteiger charge is 2.35. The molecule has 0 radical (unpaired) electrons. The summed E-state index contributed by atoms with van der Waals surface area (Å²) < 4.78 is 27.5. The largest absolute Gasteiger partial charge is 0.267 e. The second-order valence-corrected chi connectivity index (χ2v) is 7.63. The van der Waals surface area contributed by atoms with E-state index in [1.54, 1.807) is 47.6 Å². The van der Waals surface area contributed by atoms with E-state index in [2.05, 4.69) is 15.1 Å². The predicted molar refractivity (Wildman–Crippen MR) is 87.2 cm³/mol. The van der Waals surface area contributed by atoms with Crippen LogP contribution in [-0.2, 0) is 16.9 Å². The van der Waals surface area contributed by atoms with Crippen LogP contribution in [0.3, 0.4) is 0 Å². The van der Waals surface area contributed by atoms with Crippen molar-refractivity contribution in [3.05, 3.63) is 53.5 Å². The molecule has 4 rings (SSSR count). The molecule has 2 aromatic heterocycles. The third-order valence-electron chi connectivity index (χ3n) is 4.06. The van der Waals surface area contributed by atoms with Crippen molar-refractivity contribution in [2.75, 3.05) is 0 Å². The predicted octanol–water partition coefficient (Wildman–Crippen LogP) is 2.18. The molecular formula is C16H14N4O2S. The molecule has 0 aliphatic carbocycles. The van der Waals surface area contributed by atoms with Crippen molar-refractivity contribution in [2.45, 2.75) is 17.2 Å². The highest BCUT2D eigenvalue weighted by molar-refractivity contribution is 7.91. The summed E-state index contributed by atoms with van der Waals surface area (Å²) in [5.41, 5.74) is 3.04. The van der Waals surface area contributed by atoms with Crippen molar-refractivity contribution in [1.82, 2.24) is 14.8 Å². The van der Waals surface area contributed by atoms with Crippen molar-refractivity contribution in [3.8, 4) is 0 Å². The van der Waals surface area contributed by atoms with Gasteiger partial charge < -0.3 is 0 Å². The number of fused-ring (bicyclic) bond motifs is 3. The molecule has 0 amide bonds. The summed E-state index contributed by atoms with van der Waals surface area (Å²) in [5, 5.41) is 4.06. The van der Waals surface area contributed by atoms with E-state index in [-0.39, 0.29) is 4.90 Å². The molecule has 0 saturated heterocycles. The molecule has 0 spiro atoms. The average Bonchev–Trinajstić information content (AvgIpc) is 3.11. The Morgan fingerprint density at radius 3 is 2.61 bits per heavy atom. The van der Waals surface area contributed by atoms with Crippen molar-refractivity contribution >= 4 is 27.0 Å². The lowest BCUT2D eigenvalue weighted by atomic mass is 10.2. The highest BCUT2D eigenvalue weighted by atomic mass is 32.2. The van der Waals surface area contributed by atoms with Crippen LogP contribution < -0.4 is 0 Å². The summed E-state index contributed by atoms with van der Waals surface area (Å²) in [6.45, 7) is 1.92. The fourth-order valence-corrected chi connectivity index (χ4v) is 4.31. The lowest BCUT2D eigenvalue weighted by molar-refractivity contribution is 0.583. The Kier molecular flexibility index (Phi) is 2.89. The molecule has 116 valence electrons. The maximum absolute atomic E-state index is 12.9. The molecule has 1 aliphatic heterocycles. The summed E-state index contributed by atoms with van der Waals surface area (Å²) in [6, 6.07) is 6.79. The summed E-state index contributed by atoms with van der Waals surface area (Å²) in [4.78, 5) is 8.82. The molecule has 0 N–H and O–H groups in total. The van der Waals surface area contributed by atoms with Gasteiger partial charge in [-0.3, -0.25) is 14.7 Å².